The van der Waals surface area contributed by atoms with E-state index in [1.807, 2.05) is 48.1 Å². The van der Waals surface area contributed by atoms with Crippen molar-refractivity contribution in [2.24, 2.45) is 7.05 Å². The van der Waals surface area contributed by atoms with Gasteiger partial charge in [0.05, 0.1) is 5.92 Å². The second-order valence-corrected chi connectivity index (χ2v) is 6.45. The van der Waals surface area contributed by atoms with Gasteiger partial charge in [-0.05, 0) is 30.7 Å². The number of carbonyl (C=O) groups is 1. The minimum Gasteiger partial charge on any atom is -0.426 e. The molecule has 0 radical (unpaired) electrons. The van der Waals surface area contributed by atoms with Gasteiger partial charge in [-0.1, -0.05) is 18.2 Å². The Morgan fingerprint density at radius 2 is 1.95 bits per heavy atom. The largest absolute Gasteiger partial charge is 0.426 e. The number of hydrogen-bond acceptors (Lipinski definition) is 3. The molecule has 0 saturated carbocycles. The molecule has 2 atom stereocenters. The molecule has 2 aromatic rings. The van der Waals surface area contributed by atoms with Crippen molar-refractivity contribution in [1.29, 1.82) is 0 Å². The number of benzene rings is 1. The summed E-state index contributed by atoms with van der Waals surface area (Å²) >= 11 is 0. The first-order valence-electron chi connectivity index (χ1n) is 6.76. The Balaban J connectivity index is 2.16. The Labute approximate surface area is 127 Å². The molecule has 0 fully saturated rings. The van der Waals surface area contributed by atoms with Crippen LogP contribution in [0.3, 0.4) is 0 Å². The lowest BCUT2D eigenvalue weighted by atomic mass is 10.0. The third-order valence-electron chi connectivity index (χ3n) is 3.28. The zero-order valence-corrected chi connectivity index (χ0v) is 13.0. The van der Waals surface area contributed by atoms with Gasteiger partial charge in [0.25, 0.3) is 0 Å². The smallest absolute Gasteiger partial charge is 0.320 e. The topological polar surface area (TPSA) is 48.3 Å². The van der Waals surface area contributed by atoms with E-state index in [0.29, 0.717) is 17.9 Å². The minimum atomic E-state index is -0.934. The van der Waals surface area contributed by atoms with E-state index >= 15 is 0 Å². The molecule has 0 aliphatic carbocycles. The van der Waals surface area contributed by atoms with Crippen LogP contribution in [0.2, 0.25) is 0 Å². The van der Waals surface area contributed by atoms with Crippen molar-refractivity contribution in [3.05, 3.63) is 54.4 Å². The predicted molar refractivity (Wildman–Crippen MR) is 83.8 cm³/mol. The van der Waals surface area contributed by atoms with Crippen molar-refractivity contribution in [2.75, 3.05) is 12.0 Å². The van der Waals surface area contributed by atoms with Crippen molar-refractivity contribution in [3.63, 3.8) is 0 Å². The summed E-state index contributed by atoms with van der Waals surface area (Å²) in [5.74, 6) is 0.279. The highest BCUT2D eigenvalue weighted by Gasteiger charge is 2.25. The summed E-state index contributed by atoms with van der Waals surface area (Å²) in [5, 5.41) is 0. The van der Waals surface area contributed by atoms with Crippen LogP contribution in [0.15, 0.2) is 48.7 Å². The van der Waals surface area contributed by atoms with E-state index in [1.54, 1.807) is 18.4 Å². The van der Waals surface area contributed by atoms with Crippen LogP contribution in [0, 0.1) is 0 Å². The number of aryl methyl sites for hydroxylation is 1. The molecule has 1 heterocycles. The molecule has 0 aliphatic heterocycles. The number of hydrogen-bond donors (Lipinski definition) is 0. The number of ether oxygens (including phenoxy) is 1. The molecular weight excluding hydrogens is 286 g/mol. The molecule has 0 bridgehead atoms. The molecule has 1 aromatic heterocycles. The van der Waals surface area contributed by atoms with Gasteiger partial charge in [0.1, 0.15) is 5.75 Å². The fraction of sp³-hybridized carbons (Fsp3) is 0.312. The van der Waals surface area contributed by atoms with E-state index < -0.39 is 16.7 Å². The monoisotopic (exact) mass is 305 g/mol. The summed E-state index contributed by atoms with van der Waals surface area (Å²) < 4.78 is 18.7. The fourth-order valence-corrected chi connectivity index (χ4v) is 2.75. The number of aromatic nitrogens is 1. The Morgan fingerprint density at radius 3 is 2.52 bits per heavy atom. The zero-order chi connectivity index (χ0) is 15.2. The molecule has 0 N–H and O–H groups in total. The second kappa shape index (κ2) is 7.22. The fourth-order valence-electron chi connectivity index (χ4n) is 2.18. The first-order valence-corrected chi connectivity index (χ1v) is 8.48. The maximum absolute atomic E-state index is 12.4. The van der Waals surface area contributed by atoms with Gasteiger partial charge in [-0.25, -0.2) is 0 Å². The van der Waals surface area contributed by atoms with Crippen LogP contribution >= 0.6 is 0 Å². The first kappa shape index (κ1) is 15.5. The van der Waals surface area contributed by atoms with Gasteiger partial charge in [0.15, 0.2) is 0 Å². The number of esters is 1. The normalized spacial score (nSPS) is 13.6. The van der Waals surface area contributed by atoms with Gasteiger partial charge in [0.2, 0.25) is 0 Å². The molecule has 21 heavy (non-hydrogen) atoms. The molecule has 0 spiro atoms. The quantitative estimate of drug-likeness (QED) is 0.608. The summed E-state index contributed by atoms with van der Waals surface area (Å²) in [6.07, 6.45) is 4.04. The summed E-state index contributed by atoms with van der Waals surface area (Å²) in [6, 6.07) is 12.8. The first-order chi connectivity index (χ1) is 10.1. The van der Waals surface area contributed by atoms with Gasteiger partial charge < -0.3 is 9.30 Å². The second-order valence-electron chi connectivity index (χ2n) is 4.90. The Bertz CT molecular complexity index is 621. The van der Waals surface area contributed by atoms with E-state index in [4.69, 9.17) is 4.74 Å². The van der Waals surface area contributed by atoms with E-state index in [9.17, 15) is 9.00 Å². The van der Waals surface area contributed by atoms with Gasteiger partial charge in [-0.15, -0.1) is 0 Å². The molecule has 112 valence electrons. The van der Waals surface area contributed by atoms with Crippen LogP contribution in [-0.4, -0.2) is 26.8 Å². The third kappa shape index (κ3) is 4.29. The van der Waals surface area contributed by atoms with Crippen molar-refractivity contribution in [2.45, 2.75) is 12.3 Å². The lowest BCUT2D eigenvalue weighted by Crippen LogP contribution is -2.22. The highest BCUT2D eigenvalue weighted by molar-refractivity contribution is 7.84. The van der Waals surface area contributed by atoms with E-state index in [1.165, 1.54) is 0 Å². The van der Waals surface area contributed by atoms with E-state index in [2.05, 4.69) is 0 Å². The molecule has 2 rings (SSSR count). The third-order valence-corrected chi connectivity index (χ3v) is 4.09. The molecule has 2 unspecified atom stereocenters. The highest BCUT2D eigenvalue weighted by Crippen LogP contribution is 2.23. The SMILES string of the molecule is Cn1cccc1C(CCS(C)=O)C(=O)Oc1ccccc1. The van der Waals surface area contributed by atoms with Crippen LogP contribution in [0.4, 0.5) is 0 Å². The minimum absolute atomic E-state index is 0.312. The lowest BCUT2D eigenvalue weighted by Gasteiger charge is -2.16. The van der Waals surface area contributed by atoms with Crippen molar-refractivity contribution in [1.82, 2.24) is 4.57 Å². The van der Waals surface area contributed by atoms with Gasteiger partial charge in [-0.3, -0.25) is 9.00 Å². The van der Waals surface area contributed by atoms with Gasteiger partial charge in [0, 0.05) is 41.7 Å². The summed E-state index contributed by atoms with van der Waals surface area (Å²) in [5.41, 5.74) is 0.876. The summed E-state index contributed by atoms with van der Waals surface area (Å²) in [7, 11) is 0.955. The van der Waals surface area contributed by atoms with Crippen molar-refractivity contribution < 1.29 is 13.7 Å². The molecule has 5 heteroatoms. The molecule has 4 nitrogen and oxygen atoms in total. The zero-order valence-electron chi connectivity index (χ0n) is 12.2. The van der Waals surface area contributed by atoms with Crippen molar-refractivity contribution >= 4 is 16.8 Å². The van der Waals surface area contributed by atoms with Crippen LogP contribution < -0.4 is 4.74 Å². The summed E-state index contributed by atoms with van der Waals surface area (Å²) in [6.45, 7) is 0. The van der Waals surface area contributed by atoms with E-state index in [-0.39, 0.29) is 5.97 Å². The van der Waals surface area contributed by atoms with Crippen LogP contribution in [0.25, 0.3) is 0 Å². The van der Waals surface area contributed by atoms with E-state index in [0.717, 1.165) is 5.69 Å². The van der Waals surface area contributed by atoms with Crippen LogP contribution in [0.1, 0.15) is 18.0 Å². The van der Waals surface area contributed by atoms with Crippen molar-refractivity contribution in [3.8, 4) is 5.75 Å². The summed E-state index contributed by atoms with van der Waals surface area (Å²) in [4.78, 5) is 12.4. The molecule has 0 amide bonds. The average Bonchev–Trinajstić information content (AvgIpc) is 2.86. The lowest BCUT2D eigenvalue weighted by molar-refractivity contribution is -0.136. The maximum atomic E-state index is 12.4. The predicted octanol–water partition coefficient (Wildman–Crippen LogP) is 2.48. The van der Waals surface area contributed by atoms with Gasteiger partial charge >= 0.3 is 5.97 Å². The highest BCUT2D eigenvalue weighted by atomic mass is 32.2. The molecule has 0 aliphatic rings. The maximum Gasteiger partial charge on any atom is 0.320 e. The van der Waals surface area contributed by atoms with Crippen LogP contribution in [-0.2, 0) is 22.6 Å². The average molecular weight is 305 g/mol. The number of carbonyl (C=O) groups excluding carboxylic acids is 1. The molecule has 1 aromatic carbocycles. The Morgan fingerprint density at radius 1 is 1.24 bits per heavy atom. The number of nitrogens with zero attached hydrogens (tertiary/aromatic N) is 1. The Kier molecular flexibility index (Phi) is 5.33. The molecular formula is C16H19NO3S. The van der Waals surface area contributed by atoms with Crippen LogP contribution in [0.5, 0.6) is 5.75 Å². The molecule has 0 saturated heterocycles. The Hall–Kier alpha value is -1.88. The standard InChI is InChI=1S/C16H19NO3S/c1-17-11-6-9-15(17)14(10-12-21(2)19)16(18)20-13-7-4-3-5-8-13/h3-9,11,14H,10,12H2,1-2H3. The number of para-hydroxylation sites is 1. The number of rotatable bonds is 6. The van der Waals surface area contributed by atoms with Gasteiger partial charge in [-0.2, -0.15) is 0 Å².